The van der Waals surface area contributed by atoms with E-state index in [1.807, 2.05) is 95.6 Å². The molecule has 0 fully saturated rings. The minimum absolute atomic E-state index is 0.295. The average molecular weight is 368 g/mol. The standard InChI is InChI=1S/C24H20N2O2/c1-28-24(27)23-25-21(19-13-7-3-8-14-19)22(20-15-9-4-10-16-20)26(23)17-18-11-5-2-6-12-18/h2-16H,17H2,1H3. The molecule has 0 amide bonds. The molecular weight excluding hydrogens is 348 g/mol. The lowest BCUT2D eigenvalue weighted by molar-refractivity contribution is 0.0582. The van der Waals surface area contributed by atoms with Crippen molar-refractivity contribution in [3.63, 3.8) is 0 Å². The van der Waals surface area contributed by atoms with Crippen LogP contribution in [0.5, 0.6) is 0 Å². The molecule has 1 aromatic heterocycles. The van der Waals surface area contributed by atoms with Crippen LogP contribution in [0, 0.1) is 0 Å². The SMILES string of the molecule is COC(=O)c1nc(-c2ccccc2)c(-c2ccccc2)n1Cc1ccccc1. The van der Waals surface area contributed by atoms with Crippen LogP contribution in [0.4, 0.5) is 0 Å². The minimum Gasteiger partial charge on any atom is -0.463 e. The summed E-state index contributed by atoms with van der Waals surface area (Å²) in [4.78, 5) is 17.3. The van der Waals surface area contributed by atoms with Crippen LogP contribution in [0.3, 0.4) is 0 Å². The van der Waals surface area contributed by atoms with Crippen molar-refractivity contribution >= 4 is 5.97 Å². The van der Waals surface area contributed by atoms with Gasteiger partial charge in [-0.2, -0.15) is 0 Å². The summed E-state index contributed by atoms with van der Waals surface area (Å²) >= 11 is 0. The second-order valence-electron chi connectivity index (χ2n) is 6.43. The van der Waals surface area contributed by atoms with E-state index in [2.05, 4.69) is 0 Å². The normalized spacial score (nSPS) is 10.6. The van der Waals surface area contributed by atoms with Crippen molar-refractivity contribution in [2.75, 3.05) is 7.11 Å². The van der Waals surface area contributed by atoms with Gasteiger partial charge in [0.2, 0.25) is 5.82 Å². The Morgan fingerprint density at radius 3 is 1.93 bits per heavy atom. The van der Waals surface area contributed by atoms with Crippen LogP contribution in [0.2, 0.25) is 0 Å². The quantitative estimate of drug-likeness (QED) is 0.463. The fourth-order valence-corrected chi connectivity index (χ4v) is 3.31. The van der Waals surface area contributed by atoms with E-state index in [0.29, 0.717) is 12.4 Å². The summed E-state index contributed by atoms with van der Waals surface area (Å²) in [6.07, 6.45) is 0. The lowest BCUT2D eigenvalue weighted by Gasteiger charge is -2.13. The van der Waals surface area contributed by atoms with Crippen LogP contribution in [0.1, 0.15) is 16.2 Å². The third-order valence-corrected chi connectivity index (χ3v) is 4.61. The van der Waals surface area contributed by atoms with Gasteiger partial charge in [-0.05, 0) is 5.56 Å². The molecule has 0 saturated carbocycles. The van der Waals surface area contributed by atoms with Crippen molar-refractivity contribution in [2.45, 2.75) is 6.54 Å². The Morgan fingerprint density at radius 2 is 1.36 bits per heavy atom. The Bertz CT molecular complexity index is 1070. The Balaban J connectivity index is 1.98. The Kier molecular flexibility index (Phi) is 5.02. The number of benzene rings is 3. The second-order valence-corrected chi connectivity index (χ2v) is 6.43. The molecule has 4 rings (SSSR count). The first-order chi connectivity index (χ1) is 13.8. The van der Waals surface area contributed by atoms with Crippen molar-refractivity contribution in [1.82, 2.24) is 9.55 Å². The number of carbonyl (C=O) groups is 1. The van der Waals surface area contributed by atoms with Gasteiger partial charge < -0.3 is 9.30 Å². The van der Waals surface area contributed by atoms with Gasteiger partial charge in [0.1, 0.15) is 0 Å². The number of aromatic nitrogens is 2. The van der Waals surface area contributed by atoms with Gasteiger partial charge in [0.15, 0.2) is 0 Å². The van der Waals surface area contributed by atoms with Gasteiger partial charge in [-0.15, -0.1) is 0 Å². The molecule has 0 N–H and O–H groups in total. The third-order valence-electron chi connectivity index (χ3n) is 4.61. The largest absolute Gasteiger partial charge is 0.463 e. The highest BCUT2D eigenvalue weighted by atomic mass is 16.5. The molecule has 3 aromatic carbocycles. The zero-order chi connectivity index (χ0) is 19.3. The van der Waals surface area contributed by atoms with Gasteiger partial charge in [0.05, 0.1) is 18.5 Å². The van der Waals surface area contributed by atoms with E-state index in [1.54, 1.807) is 0 Å². The minimum atomic E-state index is -0.449. The molecule has 0 unspecified atom stereocenters. The van der Waals surface area contributed by atoms with Crippen molar-refractivity contribution < 1.29 is 9.53 Å². The highest BCUT2D eigenvalue weighted by Gasteiger charge is 2.24. The molecule has 0 bridgehead atoms. The topological polar surface area (TPSA) is 44.1 Å². The van der Waals surface area contributed by atoms with E-state index in [4.69, 9.17) is 9.72 Å². The van der Waals surface area contributed by atoms with Crippen LogP contribution in [-0.2, 0) is 11.3 Å². The molecule has 4 heteroatoms. The summed E-state index contributed by atoms with van der Waals surface area (Å²) in [5.74, 6) is -0.153. The van der Waals surface area contributed by atoms with Gasteiger partial charge in [-0.25, -0.2) is 9.78 Å². The smallest absolute Gasteiger partial charge is 0.374 e. The highest BCUT2D eigenvalue weighted by molar-refractivity contribution is 5.90. The van der Waals surface area contributed by atoms with E-state index in [1.165, 1.54) is 7.11 Å². The third kappa shape index (κ3) is 3.45. The first-order valence-corrected chi connectivity index (χ1v) is 9.11. The van der Waals surface area contributed by atoms with Gasteiger partial charge in [0, 0.05) is 17.7 Å². The van der Waals surface area contributed by atoms with Crippen LogP contribution in [0.15, 0.2) is 91.0 Å². The van der Waals surface area contributed by atoms with Gasteiger partial charge in [0.25, 0.3) is 0 Å². The maximum Gasteiger partial charge on any atom is 0.374 e. The van der Waals surface area contributed by atoms with Gasteiger partial charge in [-0.1, -0.05) is 91.0 Å². The number of hydrogen-bond donors (Lipinski definition) is 0. The van der Waals surface area contributed by atoms with Crippen molar-refractivity contribution in [1.29, 1.82) is 0 Å². The average Bonchev–Trinajstić information content (AvgIpc) is 3.14. The Morgan fingerprint density at radius 1 is 0.821 bits per heavy atom. The van der Waals surface area contributed by atoms with Crippen molar-refractivity contribution in [3.8, 4) is 22.5 Å². The molecule has 0 saturated heterocycles. The van der Waals surface area contributed by atoms with Gasteiger partial charge in [-0.3, -0.25) is 0 Å². The van der Waals surface area contributed by atoms with Crippen molar-refractivity contribution in [2.24, 2.45) is 0 Å². The molecule has 1 heterocycles. The van der Waals surface area contributed by atoms with Crippen LogP contribution < -0.4 is 0 Å². The summed E-state index contributed by atoms with van der Waals surface area (Å²) in [6.45, 7) is 0.523. The van der Waals surface area contributed by atoms with E-state index in [-0.39, 0.29) is 0 Å². The summed E-state index contributed by atoms with van der Waals surface area (Å²) < 4.78 is 6.98. The maximum atomic E-state index is 12.5. The number of carbonyl (C=O) groups excluding carboxylic acids is 1. The van der Waals surface area contributed by atoms with Crippen molar-refractivity contribution in [3.05, 3.63) is 102 Å². The fraction of sp³-hybridized carbons (Fsp3) is 0.0833. The number of methoxy groups -OCH3 is 1. The molecule has 0 atom stereocenters. The number of esters is 1. The molecule has 4 nitrogen and oxygen atoms in total. The van der Waals surface area contributed by atoms with Crippen LogP contribution in [-0.4, -0.2) is 22.6 Å². The zero-order valence-corrected chi connectivity index (χ0v) is 15.6. The predicted molar refractivity (Wildman–Crippen MR) is 110 cm³/mol. The molecule has 0 aliphatic heterocycles. The van der Waals surface area contributed by atoms with Gasteiger partial charge >= 0.3 is 5.97 Å². The molecule has 28 heavy (non-hydrogen) atoms. The first-order valence-electron chi connectivity index (χ1n) is 9.11. The summed E-state index contributed by atoms with van der Waals surface area (Å²) in [5.41, 5.74) is 4.71. The van der Waals surface area contributed by atoms with E-state index in [9.17, 15) is 4.79 Å². The number of imidazole rings is 1. The molecular formula is C24H20N2O2. The fourth-order valence-electron chi connectivity index (χ4n) is 3.31. The summed E-state index contributed by atoms with van der Waals surface area (Å²) in [5, 5.41) is 0. The molecule has 0 aliphatic rings. The monoisotopic (exact) mass is 368 g/mol. The molecule has 4 aromatic rings. The van der Waals surface area contributed by atoms with Crippen LogP contribution in [0.25, 0.3) is 22.5 Å². The number of hydrogen-bond acceptors (Lipinski definition) is 3. The predicted octanol–water partition coefficient (Wildman–Crippen LogP) is 5.05. The summed E-state index contributed by atoms with van der Waals surface area (Å²) in [6, 6.07) is 30.0. The number of rotatable bonds is 5. The second kappa shape index (κ2) is 7.92. The zero-order valence-electron chi connectivity index (χ0n) is 15.6. The number of nitrogens with zero attached hydrogens (tertiary/aromatic N) is 2. The van der Waals surface area contributed by atoms with Crippen LogP contribution >= 0.6 is 0 Å². The maximum absolute atomic E-state index is 12.5. The summed E-state index contributed by atoms with van der Waals surface area (Å²) in [7, 11) is 1.38. The first kappa shape index (κ1) is 17.7. The highest BCUT2D eigenvalue weighted by Crippen LogP contribution is 2.33. The van der Waals surface area contributed by atoms with E-state index < -0.39 is 5.97 Å². The number of ether oxygens (including phenoxy) is 1. The van der Waals surface area contributed by atoms with E-state index in [0.717, 1.165) is 28.1 Å². The molecule has 0 spiro atoms. The van der Waals surface area contributed by atoms with E-state index >= 15 is 0 Å². The lowest BCUT2D eigenvalue weighted by atomic mass is 10.0. The molecule has 0 aliphatic carbocycles. The lowest BCUT2D eigenvalue weighted by Crippen LogP contribution is -2.13. The Labute approximate surface area is 164 Å². The molecule has 0 radical (unpaired) electrons. The Hall–Kier alpha value is -3.66. The molecule has 138 valence electrons.